The first-order chi connectivity index (χ1) is 12.2. The van der Waals surface area contributed by atoms with Crippen molar-refractivity contribution in [2.24, 2.45) is 5.92 Å². The fourth-order valence-electron chi connectivity index (χ4n) is 3.02. The number of likely N-dealkylation sites (tertiary alicyclic amines) is 1. The average molecular weight is 340 g/mol. The van der Waals surface area contributed by atoms with Crippen molar-refractivity contribution in [3.63, 3.8) is 0 Å². The Bertz CT molecular complexity index is 693. The van der Waals surface area contributed by atoms with Crippen LogP contribution in [0.4, 0.5) is 10.5 Å². The molecule has 132 valence electrons. The molecule has 0 radical (unpaired) electrons. The minimum absolute atomic E-state index is 0.191. The highest BCUT2D eigenvalue weighted by Gasteiger charge is 2.17. The van der Waals surface area contributed by atoms with Gasteiger partial charge in [-0.05, 0) is 50.6 Å². The number of urea groups is 1. The number of amides is 2. The van der Waals surface area contributed by atoms with Crippen molar-refractivity contribution >= 4 is 11.7 Å². The van der Waals surface area contributed by atoms with Gasteiger partial charge < -0.3 is 20.3 Å². The van der Waals surface area contributed by atoms with Gasteiger partial charge in [0, 0.05) is 37.1 Å². The van der Waals surface area contributed by atoms with Gasteiger partial charge in [0.05, 0.1) is 0 Å². The van der Waals surface area contributed by atoms with E-state index >= 15 is 0 Å². The number of rotatable bonds is 5. The van der Waals surface area contributed by atoms with E-state index in [9.17, 15) is 4.79 Å². The maximum atomic E-state index is 12.1. The summed E-state index contributed by atoms with van der Waals surface area (Å²) in [5.74, 6) is 1.67. The molecule has 25 heavy (non-hydrogen) atoms. The van der Waals surface area contributed by atoms with Crippen LogP contribution in [0, 0.1) is 5.92 Å². The number of hydrogen-bond acceptors (Lipinski definition) is 4. The fourth-order valence-corrected chi connectivity index (χ4v) is 3.02. The average Bonchev–Trinajstić information content (AvgIpc) is 2.61. The van der Waals surface area contributed by atoms with Crippen LogP contribution in [0.2, 0.25) is 0 Å². The SMILES string of the molecule is CN1CCC[C@H](CNC(=O)Nc2cccc(Oc3ccccn3)c2)C1. The van der Waals surface area contributed by atoms with Gasteiger partial charge in [-0.1, -0.05) is 12.1 Å². The van der Waals surface area contributed by atoms with Gasteiger partial charge in [0.2, 0.25) is 5.88 Å². The van der Waals surface area contributed by atoms with Crippen LogP contribution in [-0.2, 0) is 0 Å². The number of benzene rings is 1. The molecule has 2 N–H and O–H groups in total. The van der Waals surface area contributed by atoms with E-state index in [0.29, 0.717) is 29.8 Å². The summed E-state index contributed by atoms with van der Waals surface area (Å²) in [5.41, 5.74) is 0.687. The lowest BCUT2D eigenvalue weighted by molar-refractivity contribution is 0.204. The van der Waals surface area contributed by atoms with Gasteiger partial charge in [-0.25, -0.2) is 9.78 Å². The highest BCUT2D eigenvalue weighted by molar-refractivity contribution is 5.89. The summed E-state index contributed by atoms with van der Waals surface area (Å²) in [4.78, 5) is 18.6. The Morgan fingerprint density at radius 3 is 3.04 bits per heavy atom. The molecule has 0 aliphatic carbocycles. The predicted octanol–water partition coefficient (Wildman–Crippen LogP) is 3.34. The second-order valence-electron chi connectivity index (χ2n) is 6.40. The van der Waals surface area contributed by atoms with Gasteiger partial charge in [-0.2, -0.15) is 0 Å². The van der Waals surface area contributed by atoms with Crippen molar-refractivity contribution < 1.29 is 9.53 Å². The van der Waals surface area contributed by atoms with E-state index in [1.54, 1.807) is 18.3 Å². The van der Waals surface area contributed by atoms with Crippen molar-refractivity contribution in [1.82, 2.24) is 15.2 Å². The van der Waals surface area contributed by atoms with Crippen LogP contribution in [-0.4, -0.2) is 42.6 Å². The predicted molar refractivity (Wildman–Crippen MR) is 98.0 cm³/mol. The summed E-state index contributed by atoms with van der Waals surface area (Å²) in [6, 6.07) is 12.6. The third kappa shape index (κ3) is 5.46. The number of anilines is 1. The maximum Gasteiger partial charge on any atom is 0.319 e. The summed E-state index contributed by atoms with van der Waals surface area (Å²) in [6.07, 6.45) is 4.03. The van der Waals surface area contributed by atoms with E-state index < -0.39 is 0 Å². The molecule has 1 atom stereocenters. The van der Waals surface area contributed by atoms with Crippen LogP contribution >= 0.6 is 0 Å². The standard InChI is InChI=1S/C19H24N4O2/c1-23-11-5-6-15(14-23)13-21-19(24)22-16-7-4-8-17(12-16)25-18-9-2-3-10-20-18/h2-4,7-10,12,15H,5-6,11,13-14H2,1H3,(H2,21,22,24)/t15-/m1/s1. The smallest absolute Gasteiger partial charge is 0.319 e. The Hall–Kier alpha value is -2.60. The molecule has 1 aromatic heterocycles. The van der Waals surface area contributed by atoms with Gasteiger partial charge in [-0.3, -0.25) is 0 Å². The fraction of sp³-hybridized carbons (Fsp3) is 0.368. The summed E-state index contributed by atoms with van der Waals surface area (Å²) in [7, 11) is 2.12. The van der Waals surface area contributed by atoms with E-state index in [4.69, 9.17) is 4.74 Å². The zero-order valence-corrected chi connectivity index (χ0v) is 14.4. The molecule has 6 heteroatoms. The van der Waals surface area contributed by atoms with E-state index in [1.165, 1.54) is 6.42 Å². The molecule has 0 unspecified atom stereocenters. The quantitative estimate of drug-likeness (QED) is 0.876. The molecule has 1 aromatic carbocycles. The number of piperidine rings is 1. The van der Waals surface area contributed by atoms with Crippen molar-refractivity contribution in [2.45, 2.75) is 12.8 Å². The van der Waals surface area contributed by atoms with E-state index in [0.717, 1.165) is 19.5 Å². The zero-order chi connectivity index (χ0) is 17.5. The molecule has 1 aliphatic heterocycles. The van der Waals surface area contributed by atoms with Gasteiger partial charge in [0.25, 0.3) is 0 Å². The van der Waals surface area contributed by atoms with Crippen molar-refractivity contribution in [3.8, 4) is 11.6 Å². The summed E-state index contributed by atoms with van der Waals surface area (Å²) in [6.45, 7) is 2.87. The highest BCUT2D eigenvalue weighted by atomic mass is 16.5. The van der Waals surface area contributed by atoms with Crippen LogP contribution in [0.3, 0.4) is 0 Å². The molecule has 1 aliphatic rings. The Morgan fingerprint density at radius 1 is 1.32 bits per heavy atom. The molecular weight excluding hydrogens is 316 g/mol. The Kier molecular flexibility index (Phi) is 5.85. The number of nitrogens with one attached hydrogen (secondary N) is 2. The normalized spacial score (nSPS) is 17.7. The van der Waals surface area contributed by atoms with Gasteiger partial charge in [-0.15, -0.1) is 0 Å². The lowest BCUT2D eigenvalue weighted by Crippen LogP contribution is -2.40. The zero-order valence-electron chi connectivity index (χ0n) is 14.4. The van der Waals surface area contributed by atoms with Crippen LogP contribution in [0.1, 0.15) is 12.8 Å². The van der Waals surface area contributed by atoms with E-state index in [1.807, 2.05) is 30.3 Å². The monoisotopic (exact) mass is 340 g/mol. The van der Waals surface area contributed by atoms with Crippen molar-refractivity contribution in [1.29, 1.82) is 0 Å². The summed E-state index contributed by atoms with van der Waals surface area (Å²) < 4.78 is 5.68. The van der Waals surface area contributed by atoms with E-state index in [-0.39, 0.29) is 6.03 Å². The van der Waals surface area contributed by atoms with Crippen molar-refractivity contribution in [3.05, 3.63) is 48.7 Å². The lowest BCUT2D eigenvalue weighted by atomic mass is 9.99. The topological polar surface area (TPSA) is 66.5 Å². The minimum Gasteiger partial charge on any atom is -0.439 e. The molecule has 0 bridgehead atoms. The maximum absolute atomic E-state index is 12.1. The second-order valence-corrected chi connectivity index (χ2v) is 6.40. The first kappa shape index (κ1) is 17.2. The largest absolute Gasteiger partial charge is 0.439 e. The number of ether oxygens (including phenoxy) is 1. The molecule has 0 spiro atoms. The molecule has 1 saturated heterocycles. The summed E-state index contributed by atoms with van der Waals surface area (Å²) >= 11 is 0. The van der Waals surface area contributed by atoms with Gasteiger partial charge in [0.15, 0.2) is 0 Å². The summed E-state index contributed by atoms with van der Waals surface area (Å²) in [5, 5.41) is 5.82. The van der Waals surface area contributed by atoms with Gasteiger partial charge >= 0.3 is 6.03 Å². The molecule has 2 amide bonds. The van der Waals surface area contributed by atoms with Crippen LogP contribution < -0.4 is 15.4 Å². The van der Waals surface area contributed by atoms with Crippen LogP contribution in [0.15, 0.2) is 48.7 Å². The lowest BCUT2D eigenvalue weighted by Gasteiger charge is -2.29. The third-order valence-corrected chi connectivity index (χ3v) is 4.23. The molecule has 1 fully saturated rings. The Labute approximate surface area is 148 Å². The molecule has 6 nitrogen and oxygen atoms in total. The first-order valence-electron chi connectivity index (χ1n) is 8.61. The molecular formula is C19H24N4O2. The number of hydrogen-bond donors (Lipinski definition) is 2. The van der Waals surface area contributed by atoms with Crippen LogP contribution in [0.5, 0.6) is 11.6 Å². The number of carbonyl (C=O) groups excluding carboxylic acids is 1. The number of carbonyl (C=O) groups is 1. The first-order valence-corrected chi connectivity index (χ1v) is 8.61. The molecule has 3 rings (SSSR count). The van der Waals surface area contributed by atoms with Gasteiger partial charge in [0.1, 0.15) is 5.75 Å². The Balaban J connectivity index is 1.50. The third-order valence-electron chi connectivity index (χ3n) is 4.23. The number of nitrogens with zero attached hydrogens (tertiary/aromatic N) is 2. The Morgan fingerprint density at radius 2 is 2.24 bits per heavy atom. The van der Waals surface area contributed by atoms with E-state index in [2.05, 4.69) is 27.6 Å². The van der Waals surface area contributed by atoms with Crippen LogP contribution in [0.25, 0.3) is 0 Å². The number of aromatic nitrogens is 1. The molecule has 2 heterocycles. The number of pyridine rings is 1. The minimum atomic E-state index is -0.191. The molecule has 0 saturated carbocycles. The second kappa shape index (κ2) is 8.48. The van der Waals surface area contributed by atoms with Crippen molar-refractivity contribution in [2.75, 3.05) is 32.0 Å². The highest BCUT2D eigenvalue weighted by Crippen LogP contribution is 2.22. The molecule has 2 aromatic rings.